The van der Waals surface area contributed by atoms with Crippen LogP contribution in [0.25, 0.3) is 11.5 Å². The molecule has 0 aromatic carbocycles. The quantitative estimate of drug-likeness (QED) is 0.650. The van der Waals surface area contributed by atoms with Crippen LogP contribution in [0.4, 0.5) is 0 Å². The summed E-state index contributed by atoms with van der Waals surface area (Å²) < 4.78 is 10.7. The summed E-state index contributed by atoms with van der Waals surface area (Å²) in [4.78, 5) is 27.5. The lowest BCUT2D eigenvalue weighted by atomic mass is 10.1. The number of nitrogens with zero attached hydrogens (tertiary/aromatic N) is 5. The number of ether oxygens (including phenoxy) is 1. The standard InChI is InChI=1S/C20H22N6O3/c1-12(2)26-11-16-14(20(26)27)8-13(19(23-16)28-3)9-21-10-17-24-18(25-29-17)15-6-4-5-7-22-15/h4-8,12,21H,9-11H2,1-3H3. The smallest absolute Gasteiger partial charge is 0.256 e. The molecular formula is C20H22N6O3. The average Bonchev–Trinajstić information content (AvgIpc) is 3.33. The van der Waals surface area contributed by atoms with Crippen molar-refractivity contribution in [3.05, 3.63) is 53.2 Å². The number of hydrogen-bond donors (Lipinski definition) is 1. The third kappa shape index (κ3) is 3.81. The second kappa shape index (κ2) is 7.96. The lowest BCUT2D eigenvalue weighted by Gasteiger charge is -2.19. The Balaban J connectivity index is 1.44. The molecule has 3 aromatic heterocycles. The number of pyridine rings is 2. The van der Waals surface area contributed by atoms with Crippen LogP contribution in [0.3, 0.4) is 0 Å². The molecule has 29 heavy (non-hydrogen) atoms. The van der Waals surface area contributed by atoms with Crippen molar-refractivity contribution in [3.8, 4) is 17.4 Å². The molecule has 0 saturated carbocycles. The minimum Gasteiger partial charge on any atom is -0.481 e. The molecule has 9 nitrogen and oxygen atoms in total. The van der Waals surface area contributed by atoms with Gasteiger partial charge in [-0.1, -0.05) is 11.2 Å². The van der Waals surface area contributed by atoms with Gasteiger partial charge in [0.1, 0.15) is 5.69 Å². The highest BCUT2D eigenvalue weighted by atomic mass is 16.5. The van der Waals surface area contributed by atoms with Crippen molar-refractivity contribution in [2.24, 2.45) is 0 Å². The summed E-state index contributed by atoms with van der Waals surface area (Å²) in [5.41, 5.74) is 2.84. The lowest BCUT2D eigenvalue weighted by Crippen LogP contribution is -2.30. The van der Waals surface area contributed by atoms with Crippen LogP contribution < -0.4 is 10.1 Å². The largest absolute Gasteiger partial charge is 0.481 e. The topological polar surface area (TPSA) is 106 Å². The first-order valence-corrected chi connectivity index (χ1v) is 9.39. The van der Waals surface area contributed by atoms with Crippen LogP contribution in [0.1, 0.15) is 41.4 Å². The number of aromatic nitrogens is 4. The fourth-order valence-electron chi connectivity index (χ4n) is 3.22. The molecule has 3 aromatic rings. The molecule has 0 atom stereocenters. The molecule has 0 fully saturated rings. The second-order valence-electron chi connectivity index (χ2n) is 7.01. The van der Waals surface area contributed by atoms with Crippen molar-refractivity contribution in [1.29, 1.82) is 0 Å². The second-order valence-corrected chi connectivity index (χ2v) is 7.01. The molecule has 0 aliphatic carbocycles. The molecule has 1 N–H and O–H groups in total. The van der Waals surface area contributed by atoms with E-state index in [4.69, 9.17) is 9.26 Å². The summed E-state index contributed by atoms with van der Waals surface area (Å²) >= 11 is 0. The van der Waals surface area contributed by atoms with E-state index in [0.717, 1.165) is 11.3 Å². The number of carbonyl (C=O) groups is 1. The van der Waals surface area contributed by atoms with E-state index < -0.39 is 0 Å². The summed E-state index contributed by atoms with van der Waals surface area (Å²) in [6.45, 7) is 5.31. The van der Waals surface area contributed by atoms with Crippen LogP contribution in [0, 0.1) is 0 Å². The Morgan fingerprint density at radius 1 is 1.28 bits per heavy atom. The van der Waals surface area contributed by atoms with Gasteiger partial charge in [0.25, 0.3) is 5.91 Å². The zero-order valence-electron chi connectivity index (χ0n) is 16.5. The molecule has 9 heteroatoms. The van der Waals surface area contributed by atoms with Gasteiger partial charge in [-0.3, -0.25) is 9.78 Å². The highest BCUT2D eigenvalue weighted by Crippen LogP contribution is 2.28. The Bertz CT molecular complexity index is 1020. The zero-order valence-corrected chi connectivity index (χ0v) is 16.5. The van der Waals surface area contributed by atoms with E-state index in [0.29, 0.717) is 48.5 Å². The van der Waals surface area contributed by atoms with E-state index in [1.54, 1.807) is 18.2 Å². The molecule has 0 spiro atoms. The molecule has 1 amide bonds. The van der Waals surface area contributed by atoms with E-state index in [9.17, 15) is 4.79 Å². The predicted octanol–water partition coefficient (Wildman–Crippen LogP) is 2.19. The molecule has 4 rings (SSSR count). The Kier molecular flexibility index (Phi) is 5.22. The Hall–Kier alpha value is -3.33. The maximum absolute atomic E-state index is 12.6. The average molecular weight is 394 g/mol. The van der Waals surface area contributed by atoms with Crippen LogP contribution in [0.15, 0.2) is 35.0 Å². The fraction of sp³-hybridized carbons (Fsp3) is 0.350. The molecular weight excluding hydrogens is 372 g/mol. The zero-order chi connectivity index (χ0) is 20.4. The highest BCUT2D eigenvalue weighted by molar-refractivity contribution is 5.98. The summed E-state index contributed by atoms with van der Waals surface area (Å²) in [5, 5.41) is 7.19. The summed E-state index contributed by atoms with van der Waals surface area (Å²) in [5.74, 6) is 1.40. The van der Waals surface area contributed by atoms with E-state index in [1.807, 2.05) is 38.1 Å². The van der Waals surface area contributed by atoms with Gasteiger partial charge >= 0.3 is 0 Å². The first-order valence-electron chi connectivity index (χ1n) is 9.39. The molecule has 0 saturated heterocycles. The van der Waals surface area contributed by atoms with Crippen LogP contribution in [0.2, 0.25) is 0 Å². The molecule has 150 valence electrons. The van der Waals surface area contributed by atoms with Crippen molar-refractivity contribution in [1.82, 2.24) is 30.3 Å². The number of nitrogens with one attached hydrogen (secondary N) is 1. The van der Waals surface area contributed by atoms with Crippen molar-refractivity contribution < 1.29 is 14.1 Å². The highest BCUT2D eigenvalue weighted by Gasteiger charge is 2.31. The van der Waals surface area contributed by atoms with Crippen LogP contribution >= 0.6 is 0 Å². The number of amides is 1. The maximum Gasteiger partial charge on any atom is 0.256 e. The van der Waals surface area contributed by atoms with Gasteiger partial charge in [-0.15, -0.1) is 0 Å². The fourth-order valence-corrected chi connectivity index (χ4v) is 3.22. The van der Waals surface area contributed by atoms with Gasteiger partial charge in [-0.05, 0) is 32.0 Å². The van der Waals surface area contributed by atoms with Gasteiger partial charge in [0, 0.05) is 24.3 Å². The number of fused-ring (bicyclic) bond motifs is 1. The number of methoxy groups -OCH3 is 1. The van der Waals surface area contributed by atoms with Gasteiger partial charge in [0.15, 0.2) is 0 Å². The van der Waals surface area contributed by atoms with E-state index in [2.05, 4.69) is 25.4 Å². The van der Waals surface area contributed by atoms with Crippen molar-refractivity contribution in [3.63, 3.8) is 0 Å². The number of hydrogen-bond acceptors (Lipinski definition) is 8. The maximum atomic E-state index is 12.6. The van der Waals surface area contributed by atoms with Gasteiger partial charge in [0.2, 0.25) is 17.6 Å². The monoisotopic (exact) mass is 394 g/mol. The molecule has 4 heterocycles. The summed E-state index contributed by atoms with van der Waals surface area (Å²) in [7, 11) is 1.58. The van der Waals surface area contributed by atoms with E-state index in [1.165, 1.54) is 0 Å². The first-order chi connectivity index (χ1) is 14.1. The van der Waals surface area contributed by atoms with E-state index in [-0.39, 0.29) is 11.9 Å². The Labute approximate surface area is 168 Å². The van der Waals surface area contributed by atoms with Crippen LogP contribution in [-0.4, -0.2) is 44.1 Å². The molecule has 1 aliphatic rings. The minimum atomic E-state index is 0.00306. The molecule has 1 aliphatic heterocycles. The van der Waals surface area contributed by atoms with Gasteiger partial charge < -0.3 is 19.5 Å². The number of carbonyl (C=O) groups excluding carboxylic acids is 1. The van der Waals surface area contributed by atoms with Crippen molar-refractivity contribution in [2.45, 2.75) is 39.5 Å². The van der Waals surface area contributed by atoms with Gasteiger partial charge in [-0.25, -0.2) is 4.98 Å². The molecule has 0 bridgehead atoms. The van der Waals surface area contributed by atoms with E-state index >= 15 is 0 Å². The number of rotatable bonds is 7. The Morgan fingerprint density at radius 3 is 2.86 bits per heavy atom. The summed E-state index contributed by atoms with van der Waals surface area (Å²) in [6, 6.07) is 7.49. The van der Waals surface area contributed by atoms with Gasteiger partial charge in [-0.2, -0.15) is 4.98 Å². The van der Waals surface area contributed by atoms with Gasteiger partial charge in [0.05, 0.1) is 31.5 Å². The lowest BCUT2D eigenvalue weighted by molar-refractivity contribution is 0.0730. The van der Waals surface area contributed by atoms with Crippen molar-refractivity contribution >= 4 is 5.91 Å². The summed E-state index contributed by atoms with van der Waals surface area (Å²) in [6.07, 6.45) is 1.68. The molecule has 0 radical (unpaired) electrons. The minimum absolute atomic E-state index is 0.00306. The first kappa shape index (κ1) is 19.0. The van der Waals surface area contributed by atoms with Crippen LogP contribution in [0.5, 0.6) is 5.88 Å². The Morgan fingerprint density at radius 2 is 2.14 bits per heavy atom. The van der Waals surface area contributed by atoms with Crippen LogP contribution in [-0.2, 0) is 19.6 Å². The molecule has 0 unspecified atom stereocenters. The SMILES string of the molecule is COc1nc2c(cc1CNCc1nc(-c3ccccn3)no1)C(=O)N(C(C)C)C2. The third-order valence-corrected chi connectivity index (χ3v) is 4.72. The third-order valence-electron chi connectivity index (χ3n) is 4.72. The van der Waals surface area contributed by atoms with Crippen molar-refractivity contribution in [2.75, 3.05) is 7.11 Å². The normalized spacial score (nSPS) is 13.2. The predicted molar refractivity (Wildman–Crippen MR) is 104 cm³/mol.